The van der Waals surface area contributed by atoms with Crippen molar-refractivity contribution in [2.24, 2.45) is 0 Å². The molecule has 1 heterocycles. The Balaban J connectivity index is 2.56. The number of hydrogen-bond acceptors (Lipinski definition) is 4. The molecule has 0 radical (unpaired) electrons. The molecular formula is C9H18N2O4S. The predicted molar refractivity (Wildman–Crippen MR) is 59.7 cm³/mol. The van der Waals surface area contributed by atoms with Crippen LogP contribution in [0.15, 0.2) is 0 Å². The lowest BCUT2D eigenvalue weighted by Gasteiger charge is -2.30. The first-order valence-corrected chi connectivity index (χ1v) is 6.92. The van der Waals surface area contributed by atoms with Crippen molar-refractivity contribution in [1.82, 2.24) is 9.62 Å². The van der Waals surface area contributed by atoms with Gasteiger partial charge in [0.05, 0.1) is 12.2 Å². The van der Waals surface area contributed by atoms with E-state index in [0.717, 1.165) is 19.4 Å². The Kier molecular flexibility index (Phi) is 4.69. The molecule has 0 saturated carbocycles. The molecule has 0 aromatic carbocycles. The van der Waals surface area contributed by atoms with Gasteiger partial charge in [-0.2, -0.15) is 0 Å². The van der Waals surface area contributed by atoms with Gasteiger partial charge in [0.15, 0.2) is 0 Å². The van der Waals surface area contributed by atoms with Crippen LogP contribution >= 0.6 is 0 Å². The molecule has 0 aliphatic carbocycles. The second kappa shape index (κ2) is 5.60. The van der Waals surface area contributed by atoms with Crippen LogP contribution in [0.5, 0.6) is 0 Å². The van der Waals surface area contributed by atoms with E-state index in [4.69, 9.17) is 5.11 Å². The summed E-state index contributed by atoms with van der Waals surface area (Å²) in [6, 6.07) is -0.0486. The third-order valence-electron chi connectivity index (χ3n) is 2.80. The lowest BCUT2D eigenvalue weighted by molar-refractivity contribution is -0.136. The summed E-state index contributed by atoms with van der Waals surface area (Å²) in [7, 11) is -1.92. The van der Waals surface area contributed by atoms with E-state index in [-0.39, 0.29) is 18.2 Å². The molecule has 16 heavy (non-hydrogen) atoms. The van der Waals surface area contributed by atoms with Crippen LogP contribution < -0.4 is 5.32 Å². The van der Waals surface area contributed by atoms with Gasteiger partial charge in [0.1, 0.15) is 0 Å². The summed E-state index contributed by atoms with van der Waals surface area (Å²) in [5, 5.41) is 11.6. The smallest absolute Gasteiger partial charge is 0.304 e. The second-order valence-electron chi connectivity index (χ2n) is 3.98. The topological polar surface area (TPSA) is 86.7 Å². The maximum Gasteiger partial charge on any atom is 0.304 e. The molecule has 1 atom stereocenters. The fourth-order valence-corrected chi connectivity index (χ4v) is 3.09. The molecule has 0 aromatic rings. The van der Waals surface area contributed by atoms with Crippen LogP contribution in [0.25, 0.3) is 0 Å². The van der Waals surface area contributed by atoms with Crippen molar-refractivity contribution in [3.05, 3.63) is 0 Å². The van der Waals surface area contributed by atoms with Crippen molar-refractivity contribution in [3.63, 3.8) is 0 Å². The maximum atomic E-state index is 11.8. The minimum atomic E-state index is -3.44. The number of rotatable bonds is 5. The van der Waals surface area contributed by atoms with Gasteiger partial charge >= 0.3 is 5.97 Å². The summed E-state index contributed by atoms with van der Waals surface area (Å²) in [6.45, 7) is 1.56. The number of carboxylic acids is 1. The summed E-state index contributed by atoms with van der Waals surface area (Å²) in [5.41, 5.74) is 0. The lowest BCUT2D eigenvalue weighted by atomic mass is 10.1. The highest BCUT2D eigenvalue weighted by Crippen LogP contribution is 2.13. The normalized spacial score (nSPS) is 22.2. The molecule has 6 nitrogen and oxygen atoms in total. The highest BCUT2D eigenvalue weighted by atomic mass is 32.2. The van der Waals surface area contributed by atoms with Crippen molar-refractivity contribution in [2.45, 2.75) is 25.3 Å². The van der Waals surface area contributed by atoms with Gasteiger partial charge < -0.3 is 10.4 Å². The van der Waals surface area contributed by atoms with E-state index in [2.05, 4.69) is 5.32 Å². The summed E-state index contributed by atoms with van der Waals surface area (Å²) < 4.78 is 24.8. The summed E-state index contributed by atoms with van der Waals surface area (Å²) in [6.07, 6.45) is 1.44. The first kappa shape index (κ1) is 13.4. The molecule has 1 aliphatic heterocycles. The zero-order valence-electron chi connectivity index (χ0n) is 9.35. The van der Waals surface area contributed by atoms with Gasteiger partial charge in [-0.3, -0.25) is 4.79 Å². The molecule has 7 heteroatoms. The molecule has 1 unspecified atom stereocenters. The van der Waals surface area contributed by atoms with Gasteiger partial charge in [-0.15, -0.1) is 0 Å². The first-order valence-electron chi connectivity index (χ1n) is 5.31. The summed E-state index contributed by atoms with van der Waals surface area (Å²) in [4.78, 5) is 10.3. The third kappa shape index (κ3) is 3.73. The first-order chi connectivity index (χ1) is 7.43. The minimum absolute atomic E-state index is 0.0486. The summed E-state index contributed by atoms with van der Waals surface area (Å²) in [5.74, 6) is -1.41. The van der Waals surface area contributed by atoms with Gasteiger partial charge in [-0.1, -0.05) is 0 Å². The molecule has 1 saturated heterocycles. The number of hydrogen-bond donors (Lipinski definition) is 2. The van der Waals surface area contributed by atoms with E-state index in [1.54, 1.807) is 0 Å². The van der Waals surface area contributed by atoms with E-state index in [9.17, 15) is 13.2 Å². The number of nitrogens with zero attached hydrogens (tertiary/aromatic N) is 1. The van der Waals surface area contributed by atoms with Crippen molar-refractivity contribution < 1.29 is 18.3 Å². The van der Waals surface area contributed by atoms with Crippen LogP contribution in [-0.4, -0.2) is 55.7 Å². The SMILES string of the molecule is CN(C1CCCNC1)S(=O)(=O)CCC(=O)O. The van der Waals surface area contributed by atoms with Crippen LogP contribution in [0.2, 0.25) is 0 Å². The second-order valence-corrected chi connectivity index (χ2v) is 6.12. The number of piperidine rings is 1. The van der Waals surface area contributed by atoms with E-state index in [1.165, 1.54) is 11.4 Å². The monoisotopic (exact) mass is 250 g/mol. The molecule has 1 fully saturated rings. The predicted octanol–water partition coefficient (Wildman–Crippen LogP) is -0.525. The van der Waals surface area contributed by atoms with E-state index >= 15 is 0 Å². The zero-order chi connectivity index (χ0) is 12.2. The van der Waals surface area contributed by atoms with Crippen LogP contribution in [0, 0.1) is 0 Å². The van der Waals surface area contributed by atoms with E-state index in [1.807, 2.05) is 0 Å². The Hall–Kier alpha value is -0.660. The van der Waals surface area contributed by atoms with Crippen LogP contribution in [-0.2, 0) is 14.8 Å². The molecule has 0 amide bonds. The van der Waals surface area contributed by atoms with Gasteiger partial charge in [0.2, 0.25) is 10.0 Å². The average Bonchev–Trinajstić information content (AvgIpc) is 2.27. The summed E-state index contributed by atoms with van der Waals surface area (Å²) >= 11 is 0. The highest BCUT2D eigenvalue weighted by molar-refractivity contribution is 7.89. The van der Waals surface area contributed by atoms with Crippen molar-refractivity contribution in [2.75, 3.05) is 25.9 Å². The van der Waals surface area contributed by atoms with Crippen molar-refractivity contribution >= 4 is 16.0 Å². The number of likely N-dealkylation sites (N-methyl/N-ethyl adjacent to an activating group) is 1. The Morgan fingerprint density at radius 3 is 2.75 bits per heavy atom. The molecular weight excluding hydrogens is 232 g/mol. The van der Waals surface area contributed by atoms with Crippen LogP contribution in [0.3, 0.4) is 0 Å². The number of carboxylic acid groups (broad SMARTS) is 1. The van der Waals surface area contributed by atoms with Crippen LogP contribution in [0.4, 0.5) is 0 Å². The maximum absolute atomic E-state index is 11.8. The largest absolute Gasteiger partial charge is 0.481 e. The zero-order valence-corrected chi connectivity index (χ0v) is 10.2. The number of carbonyl (C=O) groups is 1. The van der Waals surface area contributed by atoms with Gasteiger partial charge in [-0.05, 0) is 19.4 Å². The Bertz CT molecular complexity index is 335. The molecule has 0 bridgehead atoms. The highest BCUT2D eigenvalue weighted by Gasteiger charge is 2.27. The van der Waals surface area contributed by atoms with Crippen LogP contribution in [0.1, 0.15) is 19.3 Å². The molecule has 1 rings (SSSR count). The number of sulfonamides is 1. The standard InChI is InChI=1S/C9H18N2O4S/c1-11(8-3-2-5-10-7-8)16(14,15)6-4-9(12)13/h8,10H,2-7H2,1H3,(H,12,13). The Morgan fingerprint density at radius 2 is 2.25 bits per heavy atom. The Labute approximate surface area is 95.7 Å². The van der Waals surface area contributed by atoms with Crippen molar-refractivity contribution in [1.29, 1.82) is 0 Å². The lowest BCUT2D eigenvalue weighted by Crippen LogP contribution is -2.47. The fourth-order valence-electron chi connectivity index (χ4n) is 1.73. The molecule has 0 spiro atoms. The quantitative estimate of drug-likeness (QED) is 0.685. The fraction of sp³-hybridized carbons (Fsp3) is 0.889. The number of aliphatic carboxylic acids is 1. The van der Waals surface area contributed by atoms with Gasteiger partial charge in [0, 0.05) is 19.6 Å². The van der Waals surface area contributed by atoms with Gasteiger partial charge in [-0.25, -0.2) is 12.7 Å². The van der Waals surface area contributed by atoms with Gasteiger partial charge in [0.25, 0.3) is 0 Å². The minimum Gasteiger partial charge on any atom is -0.481 e. The third-order valence-corrected chi connectivity index (χ3v) is 4.69. The molecule has 0 aromatic heterocycles. The van der Waals surface area contributed by atoms with E-state index in [0.29, 0.717) is 6.54 Å². The molecule has 94 valence electrons. The average molecular weight is 250 g/mol. The number of nitrogens with one attached hydrogen (secondary N) is 1. The Morgan fingerprint density at radius 1 is 1.56 bits per heavy atom. The molecule has 1 aliphatic rings. The van der Waals surface area contributed by atoms with Crippen molar-refractivity contribution in [3.8, 4) is 0 Å². The molecule has 2 N–H and O–H groups in total. The van der Waals surface area contributed by atoms with E-state index < -0.39 is 16.0 Å².